The van der Waals surface area contributed by atoms with Crippen LogP contribution >= 0.6 is 11.6 Å². The molecule has 1 aliphatic heterocycles. The highest BCUT2D eigenvalue weighted by atomic mass is 35.5. The highest BCUT2D eigenvalue weighted by Gasteiger charge is 2.24. The van der Waals surface area contributed by atoms with Crippen LogP contribution in [-0.2, 0) is 16.1 Å². The minimum atomic E-state index is -0.503. The Balaban J connectivity index is 1.53. The number of carbonyl (C=O) groups is 1. The van der Waals surface area contributed by atoms with E-state index < -0.39 is 5.97 Å². The lowest BCUT2D eigenvalue weighted by atomic mass is 10.1. The van der Waals surface area contributed by atoms with Crippen LogP contribution in [0.25, 0.3) is 6.08 Å². The van der Waals surface area contributed by atoms with Crippen LogP contribution in [0.5, 0.6) is 11.5 Å². The highest BCUT2D eigenvalue weighted by Crippen LogP contribution is 2.26. The van der Waals surface area contributed by atoms with E-state index in [9.17, 15) is 4.79 Å². The van der Waals surface area contributed by atoms with Crippen LogP contribution in [-0.4, -0.2) is 18.5 Å². The molecule has 0 unspecified atom stereocenters. The van der Waals surface area contributed by atoms with Gasteiger partial charge in [0, 0.05) is 16.1 Å². The maximum Gasteiger partial charge on any atom is 0.363 e. The molecule has 1 aliphatic rings. The van der Waals surface area contributed by atoms with Crippen LogP contribution < -0.4 is 9.47 Å². The van der Waals surface area contributed by atoms with Crippen molar-refractivity contribution in [3.05, 3.63) is 100 Å². The van der Waals surface area contributed by atoms with E-state index in [2.05, 4.69) is 4.99 Å². The lowest BCUT2D eigenvalue weighted by molar-refractivity contribution is -0.129. The van der Waals surface area contributed by atoms with Gasteiger partial charge in [0.1, 0.15) is 18.1 Å². The smallest absolute Gasteiger partial charge is 0.363 e. The topological polar surface area (TPSA) is 57.1 Å². The van der Waals surface area contributed by atoms with Gasteiger partial charge < -0.3 is 14.2 Å². The number of ether oxygens (including phenoxy) is 3. The summed E-state index contributed by atoms with van der Waals surface area (Å²) in [7, 11) is 0. The van der Waals surface area contributed by atoms with E-state index in [4.69, 9.17) is 25.8 Å². The second-order valence-electron chi connectivity index (χ2n) is 6.75. The van der Waals surface area contributed by atoms with E-state index >= 15 is 0 Å². The zero-order chi connectivity index (χ0) is 21.6. The van der Waals surface area contributed by atoms with Crippen molar-refractivity contribution < 1.29 is 19.0 Å². The zero-order valence-corrected chi connectivity index (χ0v) is 17.6. The van der Waals surface area contributed by atoms with Gasteiger partial charge in [-0.2, -0.15) is 0 Å². The van der Waals surface area contributed by atoms with Gasteiger partial charge >= 0.3 is 5.97 Å². The molecule has 0 radical (unpaired) electrons. The molecule has 0 fully saturated rings. The summed E-state index contributed by atoms with van der Waals surface area (Å²) >= 11 is 5.93. The molecule has 0 N–H and O–H groups in total. The molecule has 3 aromatic carbocycles. The fourth-order valence-electron chi connectivity index (χ4n) is 3.01. The largest absolute Gasteiger partial charge is 0.494 e. The normalized spacial score (nSPS) is 14.3. The summed E-state index contributed by atoms with van der Waals surface area (Å²) in [6.45, 7) is 2.88. The third-order valence-corrected chi connectivity index (χ3v) is 4.80. The SMILES string of the molecule is CCOc1ccc(C2=N/C(=C/c3ccccc3OCc3ccc(Cl)cc3)C(=O)O2)cc1. The van der Waals surface area contributed by atoms with E-state index in [1.54, 1.807) is 6.08 Å². The van der Waals surface area contributed by atoms with Gasteiger partial charge in [0.25, 0.3) is 0 Å². The predicted molar refractivity (Wildman–Crippen MR) is 120 cm³/mol. The van der Waals surface area contributed by atoms with Crippen molar-refractivity contribution in [3.63, 3.8) is 0 Å². The summed E-state index contributed by atoms with van der Waals surface area (Å²) < 4.78 is 16.8. The number of esters is 1. The maximum absolute atomic E-state index is 12.4. The molecule has 0 saturated heterocycles. The average molecular weight is 434 g/mol. The average Bonchev–Trinajstić information content (AvgIpc) is 3.15. The molecule has 31 heavy (non-hydrogen) atoms. The highest BCUT2D eigenvalue weighted by molar-refractivity contribution is 6.30. The molecular weight excluding hydrogens is 414 g/mol. The van der Waals surface area contributed by atoms with Gasteiger partial charge in [-0.3, -0.25) is 0 Å². The zero-order valence-electron chi connectivity index (χ0n) is 16.9. The molecule has 6 heteroatoms. The van der Waals surface area contributed by atoms with Crippen molar-refractivity contribution in [2.24, 2.45) is 4.99 Å². The number of benzene rings is 3. The third-order valence-electron chi connectivity index (χ3n) is 4.55. The van der Waals surface area contributed by atoms with Crippen molar-refractivity contribution in [1.82, 2.24) is 0 Å². The van der Waals surface area contributed by atoms with Gasteiger partial charge in [-0.15, -0.1) is 0 Å². The van der Waals surface area contributed by atoms with Crippen LogP contribution in [0.4, 0.5) is 0 Å². The van der Waals surface area contributed by atoms with E-state index in [1.165, 1.54) is 0 Å². The monoisotopic (exact) mass is 433 g/mol. The van der Waals surface area contributed by atoms with Crippen molar-refractivity contribution in [2.45, 2.75) is 13.5 Å². The standard InChI is InChI=1S/C25H20ClNO4/c1-2-29-21-13-9-18(10-14-21)24-27-22(25(28)31-24)15-19-5-3-4-6-23(19)30-16-17-7-11-20(26)12-8-17/h3-15H,2,16H2,1H3/b22-15+. The number of halogens is 1. The Morgan fingerprint density at radius 1 is 0.968 bits per heavy atom. The Hall–Kier alpha value is -3.57. The Kier molecular flexibility index (Phi) is 6.34. The number of aliphatic imine (C=N–C) groups is 1. The van der Waals surface area contributed by atoms with E-state index in [0.717, 1.165) is 16.9 Å². The molecule has 156 valence electrons. The summed E-state index contributed by atoms with van der Waals surface area (Å²) in [5, 5.41) is 0.676. The molecule has 0 bridgehead atoms. The van der Waals surface area contributed by atoms with Crippen LogP contribution in [0, 0.1) is 0 Å². The number of cyclic esters (lactones) is 1. The summed E-state index contributed by atoms with van der Waals surface area (Å²) in [5.41, 5.74) is 2.64. The van der Waals surface area contributed by atoms with Crippen molar-refractivity contribution in [2.75, 3.05) is 6.61 Å². The minimum absolute atomic E-state index is 0.214. The summed E-state index contributed by atoms with van der Waals surface area (Å²) in [6.07, 6.45) is 1.67. The number of hydrogen-bond acceptors (Lipinski definition) is 5. The van der Waals surface area contributed by atoms with E-state index in [1.807, 2.05) is 79.7 Å². The molecule has 0 amide bonds. The fraction of sp³-hybridized carbons (Fsp3) is 0.120. The first-order valence-corrected chi connectivity index (χ1v) is 10.2. The van der Waals surface area contributed by atoms with E-state index in [0.29, 0.717) is 29.5 Å². The van der Waals surface area contributed by atoms with Crippen LogP contribution in [0.15, 0.2) is 83.5 Å². The number of nitrogens with zero attached hydrogens (tertiary/aromatic N) is 1. The third kappa shape index (κ3) is 5.13. The lowest BCUT2D eigenvalue weighted by Crippen LogP contribution is -2.05. The number of carbonyl (C=O) groups excluding carboxylic acids is 1. The van der Waals surface area contributed by atoms with Crippen molar-refractivity contribution in [1.29, 1.82) is 0 Å². The van der Waals surface area contributed by atoms with Crippen LogP contribution in [0.3, 0.4) is 0 Å². The summed E-state index contributed by atoms with van der Waals surface area (Å²) in [6, 6.07) is 22.2. The molecule has 5 nitrogen and oxygen atoms in total. The van der Waals surface area contributed by atoms with Gasteiger partial charge in [-0.1, -0.05) is 41.9 Å². The molecular formula is C25H20ClNO4. The molecule has 4 rings (SSSR count). The first-order valence-electron chi connectivity index (χ1n) is 9.84. The van der Waals surface area contributed by atoms with E-state index in [-0.39, 0.29) is 11.6 Å². The number of para-hydroxylation sites is 1. The first kappa shape index (κ1) is 20.7. The molecule has 0 aromatic heterocycles. The number of rotatable bonds is 7. The predicted octanol–water partition coefficient (Wildman–Crippen LogP) is 5.66. The quantitative estimate of drug-likeness (QED) is 0.356. The summed E-state index contributed by atoms with van der Waals surface area (Å²) in [5.74, 6) is 1.15. The molecule has 3 aromatic rings. The Morgan fingerprint density at radius 2 is 1.71 bits per heavy atom. The van der Waals surface area contributed by atoms with Gasteiger partial charge in [0.2, 0.25) is 5.90 Å². The maximum atomic E-state index is 12.4. The molecule has 0 aliphatic carbocycles. The second kappa shape index (κ2) is 9.49. The minimum Gasteiger partial charge on any atom is -0.494 e. The Morgan fingerprint density at radius 3 is 2.45 bits per heavy atom. The van der Waals surface area contributed by atoms with Crippen LogP contribution in [0.2, 0.25) is 5.02 Å². The Bertz CT molecular complexity index is 1130. The molecule has 0 atom stereocenters. The van der Waals surface area contributed by atoms with Gasteiger partial charge in [0.05, 0.1) is 6.61 Å². The van der Waals surface area contributed by atoms with Crippen molar-refractivity contribution in [3.8, 4) is 11.5 Å². The fourth-order valence-corrected chi connectivity index (χ4v) is 3.14. The molecule has 0 saturated carbocycles. The Labute approximate surface area is 185 Å². The first-order chi connectivity index (χ1) is 15.1. The second-order valence-corrected chi connectivity index (χ2v) is 7.18. The van der Waals surface area contributed by atoms with Crippen molar-refractivity contribution >= 4 is 29.5 Å². The molecule has 0 spiro atoms. The van der Waals surface area contributed by atoms with Gasteiger partial charge in [0.15, 0.2) is 5.70 Å². The van der Waals surface area contributed by atoms with Gasteiger partial charge in [-0.05, 0) is 61.0 Å². The number of hydrogen-bond donors (Lipinski definition) is 0. The summed E-state index contributed by atoms with van der Waals surface area (Å²) in [4.78, 5) is 16.7. The van der Waals surface area contributed by atoms with Crippen LogP contribution in [0.1, 0.15) is 23.6 Å². The molecule has 1 heterocycles. The van der Waals surface area contributed by atoms with Gasteiger partial charge in [-0.25, -0.2) is 9.79 Å². The lowest BCUT2D eigenvalue weighted by Gasteiger charge is -2.09.